The highest BCUT2D eigenvalue weighted by atomic mass is 79.9. The molecule has 0 spiro atoms. The minimum Gasteiger partial charge on any atom is -0.282 e. The molecule has 0 saturated carbocycles. The molecular weight excluding hydrogens is 309 g/mol. The van der Waals surface area contributed by atoms with Crippen LogP contribution in [-0.4, -0.2) is 14.7 Å². The van der Waals surface area contributed by atoms with Crippen LogP contribution in [0.2, 0.25) is 5.02 Å². The van der Waals surface area contributed by atoms with E-state index < -0.39 is 15.8 Å². The van der Waals surface area contributed by atoms with Gasteiger partial charge in [-0.2, -0.15) is 0 Å². The molecule has 0 aliphatic heterocycles. The van der Waals surface area contributed by atoms with E-state index in [2.05, 4.69) is 20.7 Å². The Labute approximate surface area is 101 Å². The van der Waals surface area contributed by atoms with Crippen molar-refractivity contribution in [2.75, 3.05) is 11.0 Å². The van der Waals surface area contributed by atoms with Crippen LogP contribution in [0.25, 0.3) is 0 Å². The highest BCUT2D eigenvalue weighted by molar-refractivity contribution is 9.10. The summed E-state index contributed by atoms with van der Waals surface area (Å²) >= 11 is 8.71. The van der Waals surface area contributed by atoms with Crippen molar-refractivity contribution in [2.45, 2.75) is 6.92 Å². The zero-order valence-corrected chi connectivity index (χ0v) is 11.1. The minimum atomic E-state index is -3.41. The standard InChI is InChI=1S/C8H8BrClFNO2S/c1-4-7(10)6(11)3-5(9)8(4)12-15(2,13)14/h3,12H,1-2H3. The monoisotopic (exact) mass is 315 g/mol. The van der Waals surface area contributed by atoms with Crippen LogP contribution in [0.3, 0.4) is 0 Å². The molecule has 1 aromatic rings. The van der Waals surface area contributed by atoms with Gasteiger partial charge in [0.25, 0.3) is 0 Å². The first-order valence-electron chi connectivity index (χ1n) is 3.84. The molecule has 0 bridgehead atoms. The summed E-state index contributed by atoms with van der Waals surface area (Å²) in [4.78, 5) is 0. The fraction of sp³-hybridized carbons (Fsp3) is 0.250. The van der Waals surface area contributed by atoms with Gasteiger partial charge in [0.15, 0.2) is 0 Å². The molecule has 0 radical (unpaired) electrons. The number of sulfonamides is 1. The maximum Gasteiger partial charge on any atom is 0.229 e. The molecular formula is C8H8BrClFNO2S. The molecule has 0 atom stereocenters. The van der Waals surface area contributed by atoms with Gasteiger partial charge in [-0.3, -0.25) is 4.72 Å². The molecule has 0 heterocycles. The van der Waals surface area contributed by atoms with Crippen molar-refractivity contribution in [3.63, 3.8) is 0 Å². The van der Waals surface area contributed by atoms with Crippen molar-refractivity contribution in [3.8, 4) is 0 Å². The van der Waals surface area contributed by atoms with E-state index in [1.165, 1.54) is 6.92 Å². The Morgan fingerprint density at radius 3 is 2.53 bits per heavy atom. The van der Waals surface area contributed by atoms with Crippen LogP contribution in [-0.2, 0) is 10.0 Å². The van der Waals surface area contributed by atoms with Gasteiger partial charge in [0.2, 0.25) is 10.0 Å². The SMILES string of the molecule is Cc1c(Cl)c(F)cc(Br)c1NS(C)(=O)=O. The quantitative estimate of drug-likeness (QED) is 0.853. The van der Waals surface area contributed by atoms with Crippen LogP contribution in [0.5, 0.6) is 0 Å². The van der Waals surface area contributed by atoms with Gasteiger partial charge in [-0.05, 0) is 34.5 Å². The lowest BCUT2D eigenvalue weighted by Crippen LogP contribution is -2.11. The Hall–Kier alpha value is -0.330. The Kier molecular flexibility index (Phi) is 3.63. The lowest BCUT2D eigenvalue weighted by Gasteiger charge is -2.11. The molecule has 1 N–H and O–H groups in total. The third-order valence-electron chi connectivity index (χ3n) is 1.69. The lowest BCUT2D eigenvalue weighted by molar-refractivity contribution is 0.606. The second-order valence-corrected chi connectivity index (χ2v) is 6.01. The summed E-state index contributed by atoms with van der Waals surface area (Å²) in [7, 11) is -3.41. The minimum absolute atomic E-state index is 0.0932. The topological polar surface area (TPSA) is 46.2 Å². The fourth-order valence-corrected chi connectivity index (χ4v) is 2.54. The van der Waals surface area contributed by atoms with Crippen LogP contribution in [0, 0.1) is 12.7 Å². The summed E-state index contributed by atoms with van der Waals surface area (Å²) in [6.45, 7) is 1.53. The highest BCUT2D eigenvalue weighted by Gasteiger charge is 2.15. The van der Waals surface area contributed by atoms with E-state index in [-0.39, 0.29) is 10.7 Å². The zero-order valence-electron chi connectivity index (χ0n) is 7.94. The van der Waals surface area contributed by atoms with Gasteiger partial charge in [-0.15, -0.1) is 0 Å². The summed E-state index contributed by atoms with van der Waals surface area (Å²) < 4.78 is 37.8. The largest absolute Gasteiger partial charge is 0.282 e. The Balaban J connectivity index is 3.37. The van der Waals surface area contributed by atoms with E-state index in [0.29, 0.717) is 10.0 Å². The van der Waals surface area contributed by atoms with Gasteiger partial charge in [-0.1, -0.05) is 11.6 Å². The van der Waals surface area contributed by atoms with E-state index in [1.807, 2.05) is 0 Å². The highest BCUT2D eigenvalue weighted by Crippen LogP contribution is 2.34. The third kappa shape index (κ3) is 3.06. The first-order valence-corrected chi connectivity index (χ1v) is 6.90. The van der Waals surface area contributed by atoms with Gasteiger partial charge in [0, 0.05) is 4.47 Å². The van der Waals surface area contributed by atoms with Crippen molar-refractivity contribution >= 4 is 43.2 Å². The van der Waals surface area contributed by atoms with Crippen molar-refractivity contribution in [1.82, 2.24) is 0 Å². The summed E-state index contributed by atoms with van der Waals surface area (Å²) in [6, 6.07) is 1.11. The molecule has 3 nitrogen and oxygen atoms in total. The van der Waals surface area contributed by atoms with E-state index in [1.54, 1.807) is 0 Å². The molecule has 0 saturated heterocycles. The average molecular weight is 317 g/mol. The van der Waals surface area contributed by atoms with Crippen LogP contribution < -0.4 is 4.72 Å². The van der Waals surface area contributed by atoms with E-state index in [9.17, 15) is 12.8 Å². The normalized spacial score (nSPS) is 11.5. The molecule has 1 rings (SSSR count). The second-order valence-electron chi connectivity index (χ2n) is 3.03. The first-order chi connectivity index (χ1) is 6.72. The van der Waals surface area contributed by atoms with Crippen LogP contribution in [0.15, 0.2) is 10.5 Å². The maximum atomic E-state index is 13.1. The fourth-order valence-electron chi connectivity index (χ4n) is 1.03. The number of hydrogen-bond donors (Lipinski definition) is 1. The third-order valence-corrected chi connectivity index (χ3v) is 3.36. The van der Waals surface area contributed by atoms with Gasteiger partial charge in [0.05, 0.1) is 17.0 Å². The van der Waals surface area contributed by atoms with Crippen LogP contribution in [0.4, 0.5) is 10.1 Å². The Morgan fingerprint density at radius 1 is 1.53 bits per heavy atom. The Morgan fingerprint density at radius 2 is 2.07 bits per heavy atom. The van der Waals surface area contributed by atoms with Gasteiger partial charge < -0.3 is 0 Å². The van der Waals surface area contributed by atoms with Gasteiger partial charge in [-0.25, -0.2) is 12.8 Å². The lowest BCUT2D eigenvalue weighted by atomic mass is 10.2. The summed E-state index contributed by atoms with van der Waals surface area (Å²) in [6.07, 6.45) is 1.01. The van der Waals surface area contributed by atoms with Gasteiger partial charge in [0.1, 0.15) is 5.82 Å². The van der Waals surface area contributed by atoms with Crippen molar-refractivity contribution < 1.29 is 12.8 Å². The van der Waals surface area contributed by atoms with E-state index in [0.717, 1.165) is 12.3 Å². The molecule has 84 valence electrons. The molecule has 1 aromatic carbocycles. The van der Waals surface area contributed by atoms with E-state index >= 15 is 0 Å². The predicted molar refractivity (Wildman–Crippen MR) is 62.3 cm³/mol. The zero-order chi connectivity index (χ0) is 11.8. The Bertz CT molecular complexity index is 504. The molecule has 7 heteroatoms. The number of hydrogen-bond acceptors (Lipinski definition) is 2. The smallest absolute Gasteiger partial charge is 0.229 e. The number of anilines is 1. The molecule has 0 aliphatic rings. The van der Waals surface area contributed by atoms with Crippen molar-refractivity contribution in [3.05, 3.63) is 26.9 Å². The number of rotatable bonds is 2. The number of benzene rings is 1. The molecule has 0 unspecified atom stereocenters. The number of halogens is 3. The summed E-state index contributed by atoms with van der Waals surface area (Å²) in [5.74, 6) is -0.597. The molecule has 0 fully saturated rings. The van der Waals surface area contributed by atoms with Gasteiger partial charge >= 0.3 is 0 Å². The van der Waals surface area contributed by atoms with Crippen LogP contribution in [0.1, 0.15) is 5.56 Å². The average Bonchev–Trinajstić information content (AvgIpc) is 2.07. The van der Waals surface area contributed by atoms with E-state index in [4.69, 9.17) is 11.6 Å². The summed E-state index contributed by atoms with van der Waals surface area (Å²) in [5, 5.41) is -0.0932. The predicted octanol–water partition coefficient (Wildman–Crippen LogP) is 2.92. The van der Waals surface area contributed by atoms with Crippen molar-refractivity contribution in [1.29, 1.82) is 0 Å². The second kappa shape index (κ2) is 4.27. The van der Waals surface area contributed by atoms with Crippen LogP contribution >= 0.6 is 27.5 Å². The molecule has 15 heavy (non-hydrogen) atoms. The summed E-state index contributed by atoms with van der Waals surface area (Å²) in [5.41, 5.74) is 0.595. The molecule has 0 aliphatic carbocycles. The van der Waals surface area contributed by atoms with Crippen molar-refractivity contribution in [2.24, 2.45) is 0 Å². The maximum absolute atomic E-state index is 13.1. The molecule has 0 aromatic heterocycles. The first kappa shape index (κ1) is 12.7. The number of nitrogens with one attached hydrogen (secondary N) is 1. The molecule has 0 amide bonds.